The molecule has 1 heterocycles. The summed E-state index contributed by atoms with van der Waals surface area (Å²) in [6.45, 7) is 1.65. The summed E-state index contributed by atoms with van der Waals surface area (Å²) >= 11 is 0. The summed E-state index contributed by atoms with van der Waals surface area (Å²) in [7, 11) is 0. The molecule has 6 heteroatoms. The van der Waals surface area contributed by atoms with Crippen LogP contribution in [-0.2, 0) is 11.0 Å². The largest absolute Gasteiger partial charge is 0.478 e. The van der Waals surface area contributed by atoms with Crippen molar-refractivity contribution in [1.29, 1.82) is 0 Å². The van der Waals surface area contributed by atoms with Crippen LogP contribution >= 0.6 is 0 Å². The number of carbonyl (C=O) groups is 1. The highest BCUT2D eigenvalue weighted by atomic mass is 19.4. The Bertz CT molecular complexity index is 679. The zero-order valence-electron chi connectivity index (χ0n) is 10.9. The zero-order chi connectivity index (χ0) is 15.6. The molecular weight excluding hydrogens is 285 g/mol. The third-order valence-electron chi connectivity index (χ3n) is 2.86. The summed E-state index contributed by atoms with van der Waals surface area (Å²) in [4.78, 5) is 10.5. The number of furan rings is 1. The molecule has 0 saturated heterocycles. The van der Waals surface area contributed by atoms with Crippen molar-refractivity contribution in [2.45, 2.75) is 13.1 Å². The Labute approximate surface area is 118 Å². The van der Waals surface area contributed by atoms with Crippen molar-refractivity contribution in [2.75, 3.05) is 0 Å². The van der Waals surface area contributed by atoms with Gasteiger partial charge in [0.05, 0.1) is 5.56 Å². The number of hydrogen-bond donors (Lipinski definition) is 1. The van der Waals surface area contributed by atoms with Gasteiger partial charge in [0, 0.05) is 17.2 Å². The molecule has 2 rings (SSSR count). The summed E-state index contributed by atoms with van der Waals surface area (Å²) in [6, 6.07) is 6.15. The molecule has 0 radical (unpaired) electrons. The molecule has 0 aliphatic carbocycles. The zero-order valence-corrected chi connectivity index (χ0v) is 10.9. The maximum atomic E-state index is 12.5. The summed E-state index contributed by atoms with van der Waals surface area (Å²) in [5.74, 6) is -0.222. The topological polar surface area (TPSA) is 50.4 Å². The first kappa shape index (κ1) is 14.9. The fourth-order valence-corrected chi connectivity index (χ4v) is 1.79. The standard InChI is InChI=1S/C15H11F3O3/c1-9-11(4-7-14(19)20)8-13(21-9)10-2-5-12(6-3-10)15(16,17)18/h2-8H,1H3,(H,19,20). The van der Waals surface area contributed by atoms with Crippen molar-refractivity contribution in [3.8, 4) is 11.3 Å². The van der Waals surface area contributed by atoms with Gasteiger partial charge in [0.15, 0.2) is 0 Å². The Balaban J connectivity index is 2.31. The number of carboxylic acid groups (broad SMARTS) is 1. The summed E-state index contributed by atoms with van der Waals surface area (Å²) in [6.07, 6.45) is -2.05. The predicted octanol–water partition coefficient (Wildman–Crippen LogP) is 4.37. The molecule has 110 valence electrons. The van der Waals surface area contributed by atoms with Crippen LogP contribution in [0.1, 0.15) is 16.9 Å². The van der Waals surface area contributed by atoms with Crippen LogP contribution in [0.4, 0.5) is 13.2 Å². The first-order chi connectivity index (χ1) is 9.77. The van der Waals surface area contributed by atoms with Crippen LogP contribution in [0.2, 0.25) is 0 Å². The molecule has 0 aliphatic heterocycles. The minimum Gasteiger partial charge on any atom is -0.478 e. The number of hydrogen-bond acceptors (Lipinski definition) is 2. The number of halogens is 3. The molecule has 0 atom stereocenters. The predicted molar refractivity (Wildman–Crippen MR) is 70.6 cm³/mol. The van der Waals surface area contributed by atoms with Crippen molar-refractivity contribution in [3.05, 3.63) is 53.3 Å². The van der Waals surface area contributed by atoms with Crippen LogP contribution in [0.3, 0.4) is 0 Å². The number of aliphatic carboxylic acids is 1. The third kappa shape index (κ3) is 3.53. The average molecular weight is 296 g/mol. The minimum absolute atomic E-state index is 0.381. The Hall–Kier alpha value is -2.50. The highest BCUT2D eigenvalue weighted by Crippen LogP contribution is 2.32. The molecule has 1 N–H and O–H groups in total. The molecule has 0 fully saturated rings. The Kier molecular flexibility index (Phi) is 3.88. The summed E-state index contributed by atoms with van der Waals surface area (Å²) in [5, 5.41) is 8.57. The van der Waals surface area contributed by atoms with E-state index >= 15 is 0 Å². The van der Waals surface area contributed by atoms with E-state index in [-0.39, 0.29) is 0 Å². The second-order valence-electron chi connectivity index (χ2n) is 4.37. The smallest absolute Gasteiger partial charge is 0.416 e. The molecule has 3 nitrogen and oxygen atoms in total. The van der Waals surface area contributed by atoms with Gasteiger partial charge in [0.25, 0.3) is 0 Å². The van der Waals surface area contributed by atoms with Crippen molar-refractivity contribution in [3.63, 3.8) is 0 Å². The second kappa shape index (κ2) is 5.47. The molecule has 2 aromatic rings. The van der Waals surface area contributed by atoms with Gasteiger partial charge in [-0.25, -0.2) is 4.79 Å². The lowest BCUT2D eigenvalue weighted by Crippen LogP contribution is -2.03. The molecule has 0 spiro atoms. The van der Waals surface area contributed by atoms with E-state index < -0.39 is 17.7 Å². The van der Waals surface area contributed by atoms with Gasteiger partial charge in [0.2, 0.25) is 0 Å². The number of aryl methyl sites for hydroxylation is 1. The van der Waals surface area contributed by atoms with Gasteiger partial charge in [-0.1, -0.05) is 12.1 Å². The van der Waals surface area contributed by atoms with E-state index in [4.69, 9.17) is 9.52 Å². The van der Waals surface area contributed by atoms with Crippen LogP contribution in [0.5, 0.6) is 0 Å². The van der Waals surface area contributed by atoms with Crippen LogP contribution in [-0.4, -0.2) is 11.1 Å². The van der Waals surface area contributed by atoms with Gasteiger partial charge >= 0.3 is 12.1 Å². The van der Waals surface area contributed by atoms with E-state index in [9.17, 15) is 18.0 Å². The molecular formula is C15H11F3O3. The highest BCUT2D eigenvalue weighted by molar-refractivity contribution is 5.85. The first-order valence-electron chi connectivity index (χ1n) is 5.96. The molecule has 0 bridgehead atoms. The lowest BCUT2D eigenvalue weighted by atomic mass is 10.1. The van der Waals surface area contributed by atoms with E-state index in [1.54, 1.807) is 13.0 Å². The van der Waals surface area contributed by atoms with Gasteiger partial charge in [0.1, 0.15) is 11.5 Å². The molecule has 21 heavy (non-hydrogen) atoms. The number of alkyl halides is 3. The van der Waals surface area contributed by atoms with E-state index in [0.717, 1.165) is 18.2 Å². The SMILES string of the molecule is Cc1oc(-c2ccc(C(F)(F)F)cc2)cc1C=CC(=O)O. The van der Waals surface area contributed by atoms with Crippen LogP contribution in [0.15, 0.2) is 40.8 Å². The summed E-state index contributed by atoms with van der Waals surface area (Å²) < 4.78 is 42.9. The van der Waals surface area contributed by atoms with Crippen molar-refractivity contribution >= 4 is 12.0 Å². The molecule has 1 aromatic carbocycles. The van der Waals surface area contributed by atoms with Gasteiger partial charge in [-0.3, -0.25) is 0 Å². The minimum atomic E-state index is -4.38. The molecule has 0 unspecified atom stereocenters. The lowest BCUT2D eigenvalue weighted by molar-refractivity contribution is -0.137. The van der Waals surface area contributed by atoms with Crippen LogP contribution in [0, 0.1) is 6.92 Å². The Morgan fingerprint density at radius 1 is 1.24 bits per heavy atom. The first-order valence-corrected chi connectivity index (χ1v) is 5.96. The van der Waals surface area contributed by atoms with Gasteiger partial charge < -0.3 is 9.52 Å². The number of carboxylic acids is 1. The monoisotopic (exact) mass is 296 g/mol. The maximum Gasteiger partial charge on any atom is 0.416 e. The maximum absolute atomic E-state index is 12.5. The summed E-state index contributed by atoms with van der Waals surface area (Å²) in [5.41, 5.74) is 0.314. The van der Waals surface area contributed by atoms with E-state index in [1.165, 1.54) is 18.2 Å². The fourth-order valence-electron chi connectivity index (χ4n) is 1.79. The van der Waals surface area contributed by atoms with Gasteiger partial charge in [-0.2, -0.15) is 13.2 Å². The Morgan fingerprint density at radius 2 is 1.86 bits per heavy atom. The molecule has 0 amide bonds. The van der Waals surface area contributed by atoms with E-state index in [1.807, 2.05) is 0 Å². The average Bonchev–Trinajstić information content (AvgIpc) is 2.77. The van der Waals surface area contributed by atoms with E-state index in [2.05, 4.69) is 0 Å². The van der Waals surface area contributed by atoms with Gasteiger partial charge in [-0.15, -0.1) is 0 Å². The van der Waals surface area contributed by atoms with Crippen LogP contribution in [0.25, 0.3) is 17.4 Å². The molecule has 0 saturated carbocycles. The molecule has 1 aromatic heterocycles. The van der Waals surface area contributed by atoms with Crippen LogP contribution < -0.4 is 0 Å². The quantitative estimate of drug-likeness (QED) is 0.855. The van der Waals surface area contributed by atoms with Gasteiger partial charge in [-0.05, 0) is 31.2 Å². The molecule has 0 aliphatic rings. The third-order valence-corrected chi connectivity index (χ3v) is 2.86. The highest BCUT2D eigenvalue weighted by Gasteiger charge is 2.30. The van der Waals surface area contributed by atoms with E-state index in [0.29, 0.717) is 22.6 Å². The fraction of sp³-hybridized carbons (Fsp3) is 0.133. The normalized spacial score (nSPS) is 12.0. The lowest BCUT2D eigenvalue weighted by Gasteiger charge is -2.06. The van der Waals surface area contributed by atoms with Crippen molar-refractivity contribution in [1.82, 2.24) is 0 Å². The number of benzene rings is 1. The number of rotatable bonds is 3. The Morgan fingerprint density at radius 3 is 2.38 bits per heavy atom. The van der Waals surface area contributed by atoms with Crippen molar-refractivity contribution < 1.29 is 27.5 Å². The second-order valence-corrected chi connectivity index (χ2v) is 4.37. The van der Waals surface area contributed by atoms with Crippen molar-refractivity contribution in [2.24, 2.45) is 0 Å².